The van der Waals surface area contributed by atoms with Gasteiger partial charge in [-0.1, -0.05) is 18.2 Å². The number of likely N-dealkylation sites (tertiary alicyclic amines) is 1. The zero-order valence-corrected chi connectivity index (χ0v) is 13.9. The summed E-state index contributed by atoms with van der Waals surface area (Å²) in [4.78, 5) is 7.12. The smallest absolute Gasteiger partial charge is 0.0708 e. The first kappa shape index (κ1) is 18.2. The highest BCUT2D eigenvalue weighted by molar-refractivity contribution is 5.85. The van der Waals surface area contributed by atoms with Crippen molar-refractivity contribution in [1.29, 1.82) is 0 Å². The van der Waals surface area contributed by atoms with E-state index in [0.29, 0.717) is 5.92 Å². The van der Waals surface area contributed by atoms with Crippen LogP contribution in [0.25, 0.3) is 10.9 Å². The van der Waals surface area contributed by atoms with Crippen LogP contribution in [0.4, 0.5) is 0 Å². The van der Waals surface area contributed by atoms with Crippen LogP contribution < -0.4 is 5.73 Å². The van der Waals surface area contributed by atoms with Crippen molar-refractivity contribution in [3.63, 3.8) is 0 Å². The van der Waals surface area contributed by atoms with Gasteiger partial charge < -0.3 is 5.73 Å². The quantitative estimate of drug-likeness (QED) is 0.941. The Morgan fingerprint density at radius 3 is 2.76 bits per heavy atom. The first-order chi connectivity index (χ1) is 9.26. The average molecular weight is 328 g/mol. The van der Waals surface area contributed by atoms with E-state index < -0.39 is 0 Å². The van der Waals surface area contributed by atoms with Gasteiger partial charge in [0, 0.05) is 24.2 Å². The first-order valence-electron chi connectivity index (χ1n) is 7.04. The van der Waals surface area contributed by atoms with Gasteiger partial charge in [-0.25, -0.2) is 0 Å². The fraction of sp³-hybridized carbons (Fsp3) is 0.438. The summed E-state index contributed by atoms with van der Waals surface area (Å²) < 4.78 is 0. The lowest BCUT2D eigenvalue weighted by Crippen LogP contribution is -2.23. The van der Waals surface area contributed by atoms with Gasteiger partial charge in [0.2, 0.25) is 0 Å². The minimum atomic E-state index is 0. The second-order valence-electron chi connectivity index (χ2n) is 5.57. The molecule has 3 nitrogen and oxygen atoms in total. The first-order valence-corrected chi connectivity index (χ1v) is 7.04. The van der Waals surface area contributed by atoms with E-state index in [-0.39, 0.29) is 24.8 Å². The Kier molecular flexibility index (Phi) is 6.88. The summed E-state index contributed by atoms with van der Waals surface area (Å²) in [5.74, 6) is 0.675. The molecule has 1 fully saturated rings. The van der Waals surface area contributed by atoms with Crippen molar-refractivity contribution in [1.82, 2.24) is 9.88 Å². The number of nitrogens with zero attached hydrogens (tertiary/aromatic N) is 2. The molecule has 2 N–H and O–H groups in total. The third kappa shape index (κ3) is 4.07. The summed E-state index contributed by atoms with van der Waals surface area (Å²) in [6.45, 7) is 6.19. The maximum Gasteiger partial charge on any atom is 0.0708 e. The number of benzene rings is 1. The molecule has 3 rings (SSSR count). The second kappa shape index (κ2) is 7.95. The summed E-state index contributed by atoms with van der Waals surface area (Å²) in [5, 5.41) is 1.28. The molecule has 2 heterocycles. The molecule has 0 saturated carbocycles. The zero-order valence-electron chi connectivity index (χ0n) is 12.3. The Labute approximate surface area is 138 Å². The highest BCUT2D eigenvalue weighted by atomic mass is 35.5. The van der Waals surface area contributed by atoms with Crippen LogP contribution in [0.3, 0.4) is 0 Å². The maximum absolute atomic E-state index is 5.77. The Balaban J connectivity index is 0.00000110. The molecular weight excluding hydrogens is 305 g/mol. The predicted molar refractivity (Wildman–Crippen MR) is 93.4 cm³/mol. The van der Waals surface area contributed by atoms with Gasteiger partial charge in [-0.2, -0.15) is 0 Å². The van der Waals surface area contributed by atoms with Gasteiger partial charge >= 0.3 is 0 Å². The molecule has 0 amide bonds. The Morgan fingerprint density at radius 1 is 1.29 bits per heavy atom. The maximum atomic E-state index is 5.77. The van der Waals surface area contributed by atoms with E-state index in [1.54, 1.807) is 0 Å². The van der Waals surface area contributed by atoms with Gasteiger partial charge in [-0.05, 0) is 50.0 Å². The number of aryl methyl sites for hydroxylation is 1. The molecule has 1 aromatic carbocycles. The molecule has 116 valence electrons. The minimum absolute atomic E-state index is 0. The van der Waals surface area contributed by atoms with Crippen molar-refractivity contribution in [3.05, 3.63) is 41.6 Å². The summed E-state index contributed by atoms with van der Waals surface area (Å²) >= 11 is 0. The van der Waals surface area contributed by atoms with Crippen LogP contribution >= 0.6 is 24.8 Å². The van der Waals surface area contributed by atoms with E-state index in [9.17, 15) is 0 Å². The number of para-hydroxylation sites is 1. The fourth-order valence-electron chi connectivity index (χ4n) is 3.02. The third-order valence-corrected chi connectivity index (χ3v) is 4.03. The number of aromatic nitrogens is 1. The van der Waals surface area contributed by atoms with Crippen LogP contribution in [0.5, 0.6) is 0 Å². The highest BCUT2D eigenvalue weighted by Crippen LogP contribution is 2.23. The predicted octanol–water partition coefficient (Wildman–Crippen LogP) is 3.17. The van der Waals surface area contributed by atoms with Crippen molar-refractivity contribution in [2.45, 2.75) is 19.9 Å². The van der Waals surface area contributed by atoms with E-state index in [4.69, 9.17) is 5.73 Å². The fourth-order valence-corrected chi connectivity index (χ4v) is 3.02. The molecule has 0 spiro atoms. The molecule has 0 aliphatic carbocycles. The monoisotopic (exact) mass is 327 g/mol. The number of fused-ring (bicyclic) bond motifs is 1. The van der Waals surface area contributed by atoms with Crippen LogP contribution in [0.2, 0.25) is 0 Å². The van der Waals surface area contributed by atoms with Crippen LogP contribution in [0.15, 0.2) is 30.3 Å². The lowest BCUT2D eigenvalue weighted by Gasteiger charge is -2.17. The minimum Gasteiger partial charge on any atom is -0.330 e. The van der Waals surface area contributed by atoms with E-state index in [1.807, 2.05) is 0 Å². The number of hydrogen-bond acceptors (Lipinski definition) is 3. The third-order valence-electron chi connectivity index (χ3n) is 4.03. The summed E-state index contributed by atoms with van der Waals surface area (Å²) in [6, 6.07) is 10.6. The van der Waals surface area contributed by atoms with Gasteiger partial charge in [-0.3, -0.25) is 9.88 Å². The van der Waals surface area contributed by atoms with Crippen molar-refractivity contribution in [2.24, 2.45) is 11.7 Å². The van der Waals surface area contributed by atoms with Crippen LogP contribution in [0, 0.1) is 12.8 Å². The standard InChI is InChI=1S/C16H21N3.2ClH/c1-12-8-14(11-19-7-6-13(9-17)10-19)15-4-2-3-5-16(15)18-12;;/h2-5,8,13H,6-7,9-11,17H2,1H3;2*1H. The van der Waals surface area contributed by atoms with Crippen molar-refractivity contribution in [2.75, 3.05) is 19.6 Å². The molecule has 1 unspecified atom stereocenters. The Bertz CT molecular complexity index is 589. The number of hydrogen-bond donors (Lipinski definition) is 1. The van der Waals surface area contributed by atoms with E-state index in [2.05, 4.69) is 47.1 Å². The van der Waals surface area contributed by atoms with Crippen LogP contribution in [-0.2, 0) is 6.54 Å². The molecule has 2 aromatic rings. The van der Waals surface area contributed by atoms with Crippen LogP contribution in [0.1, 0.15) is 17.7 Å². The Hall–Kier alpha value is -0.870. The molecule has 1 aliphatic heterocycles. The molecule has 5 heteroatoms. The lowest BCUT2D eigenvalue weighted by molar-refractivity contribution is 0.319. The van der Waals surface area contributed by atoms with E-state index in [0.717, 1.165) is 37.4 Å². The molecule has 1 aromatic heterocycles. The molecular formula is C16H23Cl2N3. The van der Waals surface area contributed by atoms with Gasteiger partial charge in [0.05, 0.1) is 5.52 Å². The lowest BCUT2D eigenvalue weighted by atomic mass is 10.1. The number of halogens is 2. The second-order valence-corrected chi connectivity index (χ2v) is 5.57. The normalized spacial score (nSPS) is 18.3. The van der Waals surface area contributed by atoms with Crippen LogP contribution in [-0.4, -0.2) is 29.5 Å². The van der Waals surface area contributed by atoms with Crippen molar-refractivity contribution >= 4 is 35.7 Å². The molecule has 21 heavy (non-hydrogen) atoms. The van der Waals surface area contributed by atoms with E-state index >= 15 is 0 Å². The molecule has 1 saturated heterocycles. The molecule has 1 atom stereocenters. The number of nitrogens with two attached hydrogens (primary N) is 1. The van der Waals surface area contributed by atoms with Gasteiger partial charge in [0.25, 0.3) is 0 Å². The summed E-state index contributed by atoms with van der Waals surface area (Å²) in [6.07, 6.45) is 1.23. The Morgan fingerprint density at radius 2 is 2.05 bits per heavy atom. The van der Waals surface area contributed by atoms with Gasteiger partial charge in [-0.15, -0.1) is 24.8 Å². The average Bonchev–Trinajstić information content (AvgIpc) is 2.86. The molecule has 0 radical (unpaired) electrons. The topological polar surface area (TPSA) is 42.1 Å². The molecule has 0 bridgehead atoms. The van der Waals surface area contributed by atoms with Gasteiger partial charge in [0.1, 0.15) is 0 Å². The van der Waals surface area contributed by atoms with E-state index in [1.165, 1.54) is 17.4 Å². The zero-order chi connectivity index (χ0) is 13.2. The van der Waals surface area contributed by atoms with Gasteiger partial charge in [0.15, 0.2) is 0 Å². The SMILES string of the molecule is Cc1cc(CN2CCC(CN)C2)c2ccccc2n1.Cl.Cl. The largest absolute Gasteiger partial charge is 0.330 e. The summed E-state index contributed by atoms with van der Waals surface area (Å²) in [7, 11) is 0. The molecule has 1 aliphatic rings. The highest BCUT2D eigenvalue weighted by Gasteiger charge is 2.21. The number of pyridine rings is 1. The summed E-state index contributed by atoms with van der Waals surface area (Å²) in [5.41, 5.74) is 9.36. The van der Waals surface area contributed by atoms with Crippen molar-refractivity contribution in [3.8, 4) is 0 Å². The van der Waals surface area contributed by atoms with Crippen molar-refractivity contribution < 1.29 is 0 Å². The number of rotatable bonds is 3.